The van der Waals surface area contributed by atoms with Crippen molar-refractivity contribution >= 4 is 39.0 Å². The maximum Gasteiger partial charge on any atom is 0.188 e. The van der Waals surface area contributed by atoms with Gasteiger partial charge in [-0.05, 0) is 54.4 Å². The summed E-state index contributed by atoms with van der Waals surface area (Å²) in [7, 11) is 0. The molecule has 17 heavy (non-hydrogen) atoms. The van der Waals surface area contributed by atoms with Crippen molar-refractivity contribution in [2.75, 3.05) is 0 Å². The van der Waals surface area contributed by atoms with Gasteiger partial charge in [0.05, 0.1) is 3.79 Å². The summed E-state index contributed by atoms with van der Waals surface area (Å²) in [6.45, 7) is 6.14. The van der Waals surface area contributed by atoms with Gasteiger partial charge in [-0.1, -0.05) is 11.8 Å². The van der Waals surface area contributed by atoms with Crippen molar-refractivity contribution in [2.24, 2.45) is 0 Å². The van der Waals surface area contributed by atoms with E-state index in [0.29, 0.717) is 0 Å². The summed E-state index contributed by atoms with van der Waals surface area (Å²) >= 11 is 6.92. The van der Waals surface area contributed by atoms with Crippen LogP contribution in [0.15, 0.2) is 21.1 Å². The first kappa shape index (κ1) is 13.1. The summed E-state index contributed by atoms with van der Waals surface area (Å²) in [5.74, 6) is 0.929. The number of aromatic nitrogens is 2. The number of halogens is 1. The number of aryl methyl sites for hydroxylation is 2. The lowest BCUT2D eigenvalue weighted by molar-refractivity contribution is 0.881. The van der Waals surface area contributed by atoms with E-state index in [2.05, 4.69) is 45.0 Å². The average molecular weight is 329 g/mol. The summed E-state index contributed by atoms with van der Waals surface area (Å²) in [5.41, 5.74) is 3.34. The van der Waals surface area contributed by atoms with Gasteiger partial charge in [-0.25, -0.2) is 9.97 Å². The summed E-state index contributed by atoms with van der Waals surface area (Å²) in [4.78, 5) is 10.3. The maximum atomic E-state index is 4.50. The van der Waals surface area contributed by atoms with E-state index >= 15 is 0 Å². The zero-order valence-electron chi connectivity index (χ0n) is 9.95. The van der Waals surface area contributed by atoms with Gasteiger partial charge in [0.15, 0.2) is 5.16 Å². The zero-order chi connectivity index (χ0) is 12.4. The molecule has 0 bridgehead atoms. The first-order valence-corrected chi connectivity index (χ1v) is 7.84. The highest BCUT2D eigenvalue weighted by Crippen LogP contribution is 2.28. The fourth-order valence-electron chi connectivity index (χ4n) is 1.37. The molecule has 90 valence electrons. The van der Waals surface area contributed by atoms with Gasteiger partial charge in [0.2, 0.25) is 0 Å². The first-order valence-electron chi connectivity index (χ1n) is 5.25. The molecule has 0 atom stereocenters. The Morgan fingerprint density at radius 1 is 1.18 bits per heavy atom. The van der Waals surface area contributed by atoms with E-state index in [0.717, 1.165) is 22.3 Å². The smallest absolute Gasteiger partial charge is 0.188 e. The highest BCUT2D eigenvalue weighted by Gasteiger charge is 2.06. The Labute approximate surface area is 118 Å². The van der Waals surface area contributed by atoms with Crippen LogP contribution in [-0.4, -0.2) is 9.97 Å². The van der Waals surface area contributed by atoms with Crippen molar-refractivity contribution in [3.8, 4) is 0 Å². The van der Waals surface area contributed by atoms with Crippen molar-refractivity contribution in [1.29, 1.82) is 0 Å². The molecule has 2 aromatic heterocycles. The average Bonchev–Trinajstić information content (AvgIpc) is 2.69. The van der Waals surface area contributed by atoms with E-state index in [1.165, 1.54) is 14.2 Å². The number of thiophene rings is 1. The highest BCUT2D eigenvalue weighted by atomic mass is 79.9. The van der Waals surface area contributed by atoms with Gasteiger partial charge in [-0.15, -0.1) is 11.3 Å². The molecule has 0 N–H and O–H groups in total. The number of hydrogen-bond donors (Lipinski definition) is 0. The van der Waals surface area contributed by atoms with Gasteiger partial charge in [-0.3, -0.25) is 0 Å². The largest absolute Gasteiger partial charge is 0.228 e. The molecule has 0 saturated heterocycles. The highest BCUT2D eigenvalue weighted by molar-refractivity contribution is 9.11. The summed E-state index contributed by atoms with van der Waals surface area (Å²) < 4.78 is 1.17. The SMILES string of the molecule is Cc1nc(SCc2ccc(Br)s2)nc(C)c1C. The molecular weight excluding hydrogens is 316 g/mol. The third-order valence-corrected chi connectivity index (χ3v) is 5.29. The molecule has 0 aromatic carbocycles. The Kier molecular flexibility index (Phi) is 4.22. The first-order chi connectivity index (χ1) is 8.06. The zero-order valence-corrected chi connectivity index (χ0v) is 13.2. The molecule has 0 aliphatic heterocycles. The predicted molar refractivity (Wildman–Crippen MR) is 77.8 cm³/mol. The third kappa shape index (κ3) is 3.30. The second-order valence-corrected chi connectivity index (χ2v) is 7.29. The Hall–Kier alpha value is -0.390. The van der Waals surface area contributed by atoms with Gasteiger partial charge in [-0.2, -0.15) is 0 Å². The van der Waals surface area contributed by atoms with Crippen LogP contribution in [0.1, 0.15) is 21.8 Å². The van der Waals surface area contributed by atoms with Crippen LogP contribution in [-0.2, 0) is 5.75 Å². The van der Waals surface area contributed by atoms with Gasteiger partial charge >= 0.3 is 0 Å². The minimum atomic E-state index is 0.870. The second-order valence-electron chi connectivity index (χ2n) is 3.80. The Bertz CT molecular complexity index is 514. The molecule has 2 heterocycles. The Morgan fingerprint density at radius 3 is 2.35 bits per heavy atom. The molecule has 2 aromatic rings. The summed E-state index contributed by atoms with van der Waals surface area (Å²) in [6, 6.07) is 4.21. The van der Waals surface area contributed by atoms with Crippen LogP contribution < -0.4 is 0 Å². The molecular formula is C12H13BrN2S2. The van der Waals surface area contributed by atoms with Crippen LogP contribution in [0.25, 0.3) is 0 Å². The van der Waals surface area contributed by atoms with Crippen LogP contribution in [0.3, 0.4) is 0 Å². The summed E-state index contributed by atoms with van der Waals surface area (Å²) in [6.07, 6.45) is 0. The predicted octanol–water partition coefficient (Wildman–Crippen LogP) is 4.52. The molecule has 5 heteroatoms. The quantitative estimate of drug-likeness (QED) is 0.612. The van der Waals surface area contributed by atoms with E-state index in [1.54, 1.807) is 23.1 Å². The molecule has 0 radical (unpaired) electrons. The van der Waals surface area contributed by atoms with Crippen molar-refractivity contribution in [3.63, 3.8) is 0 Å². The van der Waals surface area contributed by atoms with E-state index in [9.17, 15) is 0 Å². The van der Waals surface area contributed by atoms with E-state index in [4.69, 9.17) is 0 Å². The topological polar surface area (TPSA) is 25.8 Å². The second kappa shape index (κ2) is 5.50. The lowest BCUT2D eigenvalue weighted by Gasteiger charge is -2.05. The van der Waals surface area contributed by atoms with E-state index in [1.807, 2.05) is 13.8 Å². The summed E-state index contributed by atoms with van der Waals surface area (Å²) in [5, 5.41) is 0.870. The molecule has 0 saturated carbocycles. The lowest BCUT2D eigenvalue weighted by atomic mass is 10.2. The minimum Gasteiger partial charge on any atom is -0.228 e. The van der Waals surface area contributed by atoms with Gasteiger partial charge in [0, 0.05) is 22.0 Å². The maximum absolute atomic E-state index is 4.50. The van der Waals surface area contributed by atoms with Gasteiger partial charge < -0.3 is 0 Å². The Morgan fingerprint density at radius 2 is 1.82 bits per heavy atom. The number of thioether (sulfide) groups is 1. The van der Waals surface area contributed by atoms with Crippen molar-refractivity contribution < 1.29 is 0 Å². The van der Waals surface area contributed by atoms with Gasteiger partial charge in [0.25, 0.3) is 0 Å². The van der Waals surface area contributed by atoms with Crippen LogP contribution in [0.2, 0.25) is 0 Å². The normalized spacial score (nSPS) is 10.8. The molecule has 2 nitrogen and oxygen atoms in total. The van der Waals surface area contributed by atoms with E-state index in [-0.39, 0.29) is 0 Å². The molecule has 0 spiro atoms. The van der Waals surface area contributed by atoms with Crippen LogP contribution in [0, 0.1) is 20.8 Å². The monoisotopic (exact) mass is 328 g/mol. The van der Waals surface area contributed by atoms with Crippen molar-refractivity contribution in [3.05, 3.63) is 37.7 Å². The van der Waals surface area contributed by atoms with Gasteiger partial charge in [0.1, 0.15) is 0 Å². The standard InChI is InChI=1S/C12H13BrN2S2/c1-7-8(2)14-12(15-9(7)3)16-6-10-4-5-11(13)17-10/h4-5H,6H2,1-3H3. The number of hydrogen-bond acceptors (Lipinski definition) is 4. The van der Waals surface area contributed by atoms with Crippen molar-refractivity contribution in [1.82, 2.24) is 9.97 Å². The van der Waals surface area contributed by atoms with Crippen molar-refractivity contribution in [2.45, 2.75) is 31.7 Å². The lowest BCUT2D eigenvalue weighted by Crippen LogP contribution is -1.97. The minimum absolute atomic E-state index is 0.870. The fourth-order valence-corrected chi connectivity index (χ4v) is 3.83. The third-order valence-electron chi connectivity index (χ3n) is 2.58. The molecule has 0 unspecified atom stereocenters. The molecule has 0 fully saturated rings. The van der Waals surface area contributed by atoms with Crippen LogP contribution in [0.5, 0.6) is 0 Å². The van der Waals surface area contributed by atoms with Crippen LogP contribution in [0.4, 0.5) is 0 Å². The fraction of sp³-hybridized carbons (Fsp3) is 0.333. The van der Waals surface area contributed by atoms with Crippen LogP contribution >= 0.6 is 39.0 Å². The molecule has 0 amide bonds. The molecule has 0 aliphatic carbocycles. The van der Waals surface area contributed by atoms with E-state index < -0.39 is 0 Å². The number of nitrogens with zero attached hydrogens (tertiary/aromatic N) is 2. The molecule has 2 rings (SSSR count). The molecule has 0 aliphatic rings. The number of rotatable bonds is 3. The Balaban J connectivity index is 2.09.